The van der Waals surface area contributed by atoms with Crippen molar-refractivity contribution >= 4 is 44.9 Å². The number of aryl methyl sites for hydroxylation is 2. The van der Waals surface area contributed by atoms with Gasteiger partial charge in [-0.05, 0) is 67.1 Å². The topological polar surface area (TPSA) is 89.1 Å². The fourth-order valence-corrected chi connectivity index (χ4v) is 7.49. The lowest BCUT2D eigenvalue weighted by molar-refractivity contribution is 0.0625. The number of halogens is 1. The van der Waals surface area contributed by atoms with Crippen LogP contribution in [-0.4, -0.2) is 65.8 Å². The zero-order chi connectivity index (χ0) is 28.6. The molecule has 4 aromatic rings. The molecule has 2 aromatic heterocycles. The van der Waals surface area contributed by atoms with Crippen LogP contribution in [0.3, 0.4) is 0 Å². The second kappa shape index (κ2) is 11.6. The van der Waals surface area contributed by atoms with E-state index in [9.17, 15) is 4.79 Å². The van der Waals surface area contributed by atoms with Crippen LogP contribution in [0.2, 0.25) is 5.02 Å². The molecule has 1 fully saturated rings. The van der Waals surface area contributed by atoms with Gasteiger partial charge in [-0.15, -0.1) is 11.3 Å². The van der Waals surface area contributed by atoms with Crippen molar-refractivity contribution in [1.29, 1.82) is 0 Å². The molecule has 0 radical (unpaired) electrons. The fraction of sp³-hybridized carbons (Fsp3) is 0.387. The van der Waals surface area contributed by atoms with E-state index in [-0.39, 0.29) is 12.7 Å². The van der Waals surface area contributed by atoms with Crippen LogP contribution in [0.5, 0.6) is 17.2 Å². The predicted octanol–water partition coefficient (Wildman–Crippen LogP) is 5.53. The monoisotopic (exact) mass is 605 g/mol. The van der Waals surface area contributed by atoms with Crippen molar-refractivity contribution in [2.45, 2.75) is 38.8 Å². The van der Waals surface area contributed by atoms with Crippen LogP contribution in [0, 0.1) is 0 Å². The number of amides is 1. The van der Waals surface area contributed by atoms with E-state index < -0.39 is 0 Å². The molecule has 1 amide bonds. The van der Waals surface area contributed by atoms with Crippen LogP contribution in [0.4, 0.5) is 5.82 Å². The van der Waals surface area contributed by atoms with E-state index in [4.69, 9.17) is 35.8 Å². The van der Waals surface area contributed by atoms with Crippen molar-refractivity contribution in [2.24, 2.45) is 0 Å². The number of fused-ring (bicyclic) bond motifs is 4. The zero-order valence-electron chi connectivity index (χ0n) is 23.5. The van der Waals surface area contributed by atoms with Gasteiger partial charge in [0.15, 0.2) is 11.5 Å². The van der Waals surface area contributed by atoms with Crippen LogP contribution in [0.15, 0.2) is 36.4 Å². The second-order valence-corrected chi connectivity index (χ2v) is 12.3. The van der Waals surface area contributed by atoms with Gasteiger partial charge < -0.3 is 24.4 Å². The molecule has 7 rings (SSSR count). The van der Waals surface area contributed by atoms with Crippen molar-refractivity contribution < 1.29 is 19.0 Å². The third-order valence-corrected chi connectivity index (χ3v) is 9.66. The summed E-state index contributed by atoms with van der Waals surface area (Å²) in [7, 11) is 1.62. The first-order chi connectivity index (χ1) is 20.6. The maximum atomic E-state index is 13.2. The Morgan fingerprint density at radius 3 is 2.71 bits per heavy atom. The van der Waals surface area contributed by atoms with Crippen molar-refractivity contribution in [1.82, 2.24) is 19.8 Å². The van der Waals surface area contributed by atoms with Gasteiger partial charge >= 0.3 is 0 Å². The van der Waals surface area contributed by atoms with Crippen molar-refractivity contribution in [3.8, 4) is 17.2 Å². The standard InChI is InChI=1S/C31H32ClN5O4S/c1-39-23-8-6-19(14-22(23)32)16-33-29-28-21-4-2-3-5-26(21)42-30(28)35-27(34-29)17-36-10-12-37(13-11-36)31(38)20-7-9-24-25(15-20)41-18-40-24/h6-9,14-15H,2-5,10-13,16-18H2,1H3,(H,33,34,35). The highest BCUT2D eigenvalue weighted by molar-refractivity contribution is 7.19. The number of nitrogens with zero attached hydrogens (tertiary/aromatic N) is 4. The Labute approximate surface area is 253 Å². The maximum absolute atomic E-state index is 13.2. The van der Waals surface area contributed by atoms with E-state index in [1.807, 2.05) is 34.4 Å². The number of piperazine rings is 1. The van der Waals surface area contributed by atoms with Gasteiger partial charge in [0.2, 0.25) is 6.79 Å². The number of methoxy groups -OCH3 is 1. The first-order valence-electron chi connectivity index (χ1n) is 14.3. The van der Waals surface area contributed by atoms with Gasteiger partial charge in [0.1, 0.15) is 22.2 Å². The summed E-state index contributed by atoms with van der Waals surface area (Å²) in [5.74, 6) is 3.67. The van der Waals surface area contributed by atoms with E-state index in [1.165, 1.54) is 23.3 Å². The number of carbonyl (C=O) groups excluding carboxylic acids is 1. The molecule has 1 saturated heterocycles. The summed E-state index contributed by atoms with van der Waals surface area (Å²) in [6, 6.07) is 11.2. The minimum absolute atomic E-state index is 0.0138. The van der Waals surface area contributed by atoms with Gasteiger partial charge in [-0.25, -0.2) is 9.97 Å². The zero-order valence-corrected chi connectivity index (χ0v) is 25.0. The van der Waals surface area contributed by atoms with Gasteiger partial charge in [0.25, 0.3) is 5.91 Å². The number of aromatic nitrogens is 2. The maximum Gasteiger partial charge on any atom is 0.254 e. The Hall–Kier alpha value is -3.60. The molecule has 0 saturated carbocycles. The fourth-order valence-electron chi connectivity index (χ4n) is 5.93. The van der Waals surface area contributed by atoms with Gasteiger partial charge in [-0.3, -0.25) is 9.69 Å². The number of hydrogen-bond donors (Lipinski definition) is 1. The number of rotatable bonds is 7. The van der Waals surface area contributed by atoms with Crippen LogP contribution in [0.25, 0.3) is 10.2 Å². The normalized spacial score (nSPS) is 16.5. The van der Waals surface area contributed by atoms with Gasteiger partial charge in [0.05, 0.1) is 24.1 Å². The Morgan fingerprint density at radius 1 is 1.05 bits per heavy atom. The molecule has 0 bridgehead atoms. The lowest BCUT2D eigenvalue weighted by Crippen LogP contribution is -2.48. The third kappa shape index (κ3) is 5.34. The molecular weight excluding hydrogens is 574 g/mol. The Morgan fingerprint density at radius 2 is 1.88 bits per heavy atom. The molecule has 9 nitrogen and oxygen atoms in total. The molecule has 42 heavy (non-hydrogen) atoms. The smallest absolute Gasteiger partial charge is 0.254 e. The number of benzene rings is 2. The highest BCUT2D eigenvalue weighted by Gasteiger charge is 2.26. The van der Waals surface area contributed by atoms with Crippen molar-refractivity contribution in [2.75, 3.05) is 45.4 Å². The van der Waals surface area contributed by atoms with Crippen LogP contribution >= 0.6 is 22.9 Å². The van der Waals surface area contributed by atoms with E-state index >= 15 is 0 Å². The number of anilines is 1. The second-order valence-electron chi connectivity index (χ2n) is 10.8. The highest BCUT2D eigenvalue weighted by atomic mass is 35.5. The number of thiophene rings is 1. The summed E-state index contributed by atoms with van der Waals surface area (Å²) in [6.07, 6.45) is 4.60. The molecule has 3 aliphatic rings. The van der Waals surface area contributed by atoms with Crippen LogP contribution < -0.4 is 19.5 Å². The van der Waals surface area contributed by atoms with Gasteiger partial charge in [-0.2, -0.15) is 0 Å². The first-order valence-corrected chi connectivity index (χ1v) is 15.5. The molecule has 1 N–H and O–H groups in total. The number of carbonyl (C=O) groups is 1. The average molecular weight is 606 g/mol. The largest absolute Gasteiger partial charge is 0.495 e. The Balaban J connectivity index is 1.07. The van der Waals surface area contributed by atoms with Crippen LogP contribution in [0.1, 0.15) is 45.0 Å². The van der Waals surface area contributed by atoms with Crippen molar-refractivity contribution in [3.05, 3.63) is 68.8 Å². The molecule has 218 valence electrons. The van der Waals surface area contributed by atoms with E-state index in [2.05, 4.69) is 10.2 Å². The molecule has 0 spiro atoms. The number of ether oxygens (including phenoxy) is 3. The lowest BCUT2D eigenvalue weighted by Gasteiger charge is -2.34. The van der Waals surface area contributed by atoms with Gasteiger partial charge in [0, 0.05) is 43.2 Å². The Bertz CT molecular complexity index is 1650. The van der Waals surface area contributed by atoms with Gasteiger partial charge in [-0.1, -0.05) is 17.7 Å². The van der Waals surface area contributed by atoms with E-state index in [0.29, 0.717) is 54.0 Å². The lowest BCUT2D eigenvalue weighted by atomic mass is 9.97. The van der Waals surface area contributed by atoms with E-state index in [1.54, 1.807) is 25.3 Å². The molecule has 1 aliphatic carbocycles. The predicted molar refractivity (Wildman–Crippen MR) is 163 cm³/mol. The number of hydrogen-bond acceptors (Lipinski definition) is 9. The summed E-state index contributed by atoms with van der Waals surface area (Å²) >= 11 is 8.20. The van der Waals surface area contributed by atoms with E-state index in [0.717, 1.165) is 53.4 Å². The molecule has 0 atom stereocenters. The summed E-state index contributed by atoms with van der Waals surface area (Å²) in [4.78, 5) is 30.0. The minimum atomic E-state index is 0.0138. The number of nitrogens with one attached hydrogen (secondary N) is 1. The molecule has 11 heteroatoms. The molecular formula is C31H32ClN5O4S. The molecule has 2 aromatic carbocycles. The highest BCUT2D eigenvalue weighted by Crippen LogP contribution is 2.39. The van der Waals surface area contributed by atoms with Crippen molar-refractivity contribution in [3.63, 3.8) is 0 Å². The molecule has 2 aliphatic heterocycles. The minimum Gasteiger partial charge on any atom is -0.495 e. The molecule has 0 unspecified atom stereocenters. The third-order valence-electron chi connectivity index (χ3n) is 8.18. The SMILES string of the molecule is COc1ccc(CNc2nc(CN3CCN(C(=O)c4ccc5c(c4)OCO5)CC3)nc3sc4c(c23)CCCC4)cc1Cl. The summed E-state index contributed by atoms with van der Waals surface area (Å²) < 4.78 is 16.1. The van der Waals surface area contributed by atoms with Crippen LogP contribution in [-0.2, 0) is 25.9 Å². The summed E-state index contributed by atoms with van der Waals surface area (Å²) in [5, 5.41) is 5.36. The quantitative estimate of drug-likeness (QED) is 0.294. The molecule has 4 heterocycles. The summed E-state index contributed by atoms with van der Waals surface area (Å²) in [6.45, 7) is 4.23. The summed E-state index contributed by atoms with van der Waals surface area (Å²) in [5.41, 5.74) is 3.08. The Kier molecular flexibility index (Phi) is 7.52. The first kappa shape index (κ1) is 27.2. The average Bonchev–Trinajstić information content (AvgIpc) is 3.64.